The molecule has 0 amide bonds. The zero-order valence-corrected chi connectivity index (χ0v) is 18.8. The van der Waals surface area contributed by atoms with Crippen molar-refractivity contribution in [3.8, 4) is 5.75 Å². The van der Waals surface area contributed by atoms with Gasteiger partial charge in [0.1, 0.15) is 5.75 Å². The standard InChI is InChI=1S/C24H33N7O/c1-32-20-12-6-16(7-13-20)14-26-22-21-23(31(15-27-21)19-4-2-3-5-19)30-24(29-22)28-18-10-8-17(25)9-11-18/h6-7,12-13,15,17-19H,2-5,8-11,14,25H2,1H3,(H2,26,28,29,30). The maximum Gasteiger partial charge on any atom is 0.227 e. The van der Waals surface area contributed by atoms with Crippen LogP contribution < -0.4 is 21.1 Å². The minimum atomic E-state index is 0.321. The molecule has 0 radical (unpaired) electrons. The molecule has 3 aromatic rings. The molecule has 0 saturated heterocycles. The van der Waals surface area contributed by atoms with E-state index in [1.807, 2.05) is 18.5 Å². The Bertz CT molecular complexity index is 1030. The van der Waals surface area contributed by atoms with Crippen LogP contribution in [0.4, 0.5) is 11.8 Å². The van der Waals surface area contributed by atoms with Crippen molar-refractivity contribution in [1.29, 1.82) is 0 Å². The van der Waals surface area contributed by atoms with E-state index in [2.05, 4.69) is 27.3 Å². The van der Waals surface area contributed by atoms with Crippen LogP contribution in [0.3, 0.4) is 0 Å². The summed E-state index contributed by atoms with van der Waals surface area (Å²) in [7, 11) is 1.68. The van der Waals surface area contributed by atoms with Gasteiger partial charge in [0.05, 0.1) is 13.4 Å². The minimum Gasteiger partial charge on any atom is -0.497 e. The summed E-state index contributed by atoms with van der Waals surface area (Å²) in [5, 5.41) is 7.08. The van der Waals surface area contributed by atoms with E-state index < -0.39 is 0 Å². The van der Waals surface area contributed by atoms with Crippen molar-refractivity contribution < 1.29 is 4.74 Å². The molecule has 0 aliphatic heterocycles. The number of imidazole rings is 1. The smallest absolute Gasteiger partial charge is 0.227 e. The molecule has 0 unspecified atom stereocenters. The minimum absolute atomic E-state index is 0.321. The predicted octanol–water partition coefficient (Wildman–Crippen LogP) is 4.24. The second-order valence-corrected chi connectivity index (χ2v) is 9.12. The first-order chi connectivity index (χ1) is 15.7. The van der Waals surface area contributed by atoms with Crippen LogP contribution in [-0.2, 0) is 6.54 Å². The van der Waals surface area contributed by atoms with Gasteiger partial charge in [-0.1, -0.05) is 25.0 Å². The average Bonchev–Trinajstić information content (AvgIpc) is 3.49. The number of rotatable bonds is 7. The van der Waals surface area contributed by atoms with Crippen molar-refractivity contribution in [3.63, 3.8) is 0 Å². The number of methoxy groups -OCH3 is 1. The highest BCUT2D eigenvalue weighted by Crippen LogP contribution is 2.33. The lowest BCUT2D eigenvalue weighted by Crippen LogP contribution is -2.33. The average molecular weight is 436 g/mol. The molecule has 2 aliphatic rings. The Hall–Kier alpha value is -2.87. The second-order valence-electron chi connectivity index (χ2n) is 9.12. The summed E-state index contributed by atoms with van der Waals surface area (Å²) >= 11 is 0. The Morgan fingerprint density at radius 1 is 1.03 bits per heavy atom. The van der Waals surface area contributed by atoms with Gasteiger partial charge in [-0.15, -0.1) is 0 Å². The van der Waals surface area contributed by atoms with Crippen LogP contribution in [0.25, 0.3) is 11.2 Å². The first-order valence-corrected chi connectivity index (χ1v) is 11.8. The highest BCUT2D eigenvalue weighted by Gasteiger charge is 2.23. The van der Waals surface area contributed by atoms with Gasteiger partial charge in [-0.3, -0.25) is 0 Å². The molecule has 4 N–H and O–H groups in total. The summed E-state index contributed by atoms with van der Waals surface area (Å²) in [5.74, 6) is 2.31. The molecular weight excluding hydrogens is 402 g/mol. The van der Waals surface area contributed by atoms with Crippen LogP contribution in [0.2, 0.25) is 0 Å². The number of nitrogens with one attached hydrogen (secondary N) is 2. The molecule has 32 heavy (non-hydrogen) atoms. The summed E-state index contributed by atoms with van der Waals surface area (Å²) in [4.78, 5) is 14.5. The quantitative estimate of drug-likeness (QED) is 0.510. The number of hydrogen-bond acceptors (Lipinski definition) is 7. The first-order valence-electron chi connectivity index (χ1n) is 11.8. The third-order valence-corrected chi connectivity index (χ3v) is 6.86. The van der Waals surface area contributed by atoms with Crippen molar-refractivity contribution in [2.45, 2.75) is 76.0 Å². The molecule has 2 aliphatic carbocycles. The zero-order valence-electron chi connectivity index (χ0n) is 18.8. The monoisotopic (exact) mass is 435 g/mol. The Morgan fingerprint density at radius 2 is 1.78 bits per heavy atom. The Labute approximate surface area is 189 Å². The van der Waals surface area contributed by atoms with Crippen LogP contribution in [-0.4, -0.2) is 38.7 Å². The maximum absolute atomic E-state index is 6.09. The summed E-state index contributed by atoms with van der Waals surface area (Å²) in [6.07, 6.45) is 11.1. The third kappa shape index (κ3) is 4.50. The first kappa shape index (κ1) is 21.0. The van der Waals surface area contributed by atoms with Crippen molar-refractivity contribution in [1.82, 2.24) is 19.5 Å². The van der Waals surface area contributed by atoms with Crippen LogP contribution in [0.15, 0.2) is 30.6 Å². The molecule has 0 atom stereocenters. The van der Waals surface area contributed by atoms with Gasteiger partial charge >= 0.3 is 0 Å². The topological polar surface area (TPSA) is 103 Å². The van der Waals surface area contributed by atoms with E-state index in [-0.39, 0.29) is 0 Å². The molecule has 2 heterocycles. The number of aromatic nitrogens is 4. The van der Waals surface area contributed by atoms with Crippen molar-refractivity contribution >= 4 is 22.9 Å². The highest BCUT2D eigenvalue weighted by atomic mass is 16.5. The molecule has 8 heteroatoms. The van der Waals surface area contributed by atoms with Gasteiger partial charge in [0, 0.05) is 24.7 Å². The van der Waals surface area contributed by atoms with Crippen molar-refractivity contribution in [2.75, 3.05) is 17.7 Å². The SMILES string of the molecule is COc1ccc(CNc2nc(NC3CCC(N)CC3)nc3c2ncn3C2CCCC2)cc1. The number of benzene rings is 1. The lowest BCUT2D eigenvalue weighted by molar-refractivity contribution is 0.410. The Kier molecular flexibility index (Phi) is 6.12. The summed E-state index contributed by atoms with van der Waals surface area (Å²) < 4.78 is 7.52. The lowest BCUT2D eigenvalue weighted by atomic mass is 9.92. The van der Waals surface area contributed by atoms with Crippen LogP contribution in [0, 0.1) is 0 Å². The number of anilines is 2. The van der Waals surface area contributed by atoms with Gasteiger partial charge in [-0.25, -0.2) is 4.98 Å². The molecule has 5 rings (SSSR count). The Balaban J connectivity index is 1.42. The van der Waals surface area contributed by atoms with Crippen LogP contribution in [0.1, 0.15) is 63.0 Å². The van der Waals surface area contributed by atoms with E-state index in [0.29, 0.717) is 30.6 Å². The fourth-order valence-electron chi connectivity index (χ4n) is 4.93. The molecule has 170 valence electrons. The van der Waals surface area contributed by atoms with Gasteiger partial charge in [-0.2, -0.15) is 9.97 Å². The Morgan fingerprint density at radius 3 is 2.50 bits per heavy atom. The van der Waals surface area contributed by atoms with Gasteiger partial charge in [0.25, 0.3) is 0 Å². The lowest BCUT2D eigenvalue weighted by Gasteiger charge is -2.27. The van der Waals surface area contributed by atoms with E-state index in [0.717, 1.165) is 54.0 Å². The number of hydrogen-bond donors (Lipinski definition) is 3. The van der Waals surface area contributed by atoms with E-state index in [1.54, 1.807) is 7.11 Å². The van der Waals surface area contributed by atoms with Crippen molar-refractivity contribution in [2.24, 2.45) is 5.73 Å². The molecule has 0 spiro atoms. The molecule has 1 aromatic carbocycles. The molecule has 0 bridgehead atoms. The van der Waals surface area contributed by atoms with E-state index in [4.69, 9.17) is 25.4 Å². The maximum atomic E-state index is 6.09. The number of nitrogens with two attached hydrogens (primary N) is 1. The number of nitrogens with zero attached hydrogens (tertiary/aromatic N) is 4. The van der Waals surface area contributed by atoms with Crippen LogP contribution in [0.5, 0.6) is 5.75 Å². The van der Waals surface area contributed by atoms with E-state index >= 15 is 0 Å². The van der Waals surface area contributed by atoms with Crippen LogP contribution >= 0.6 is 0 Å². The van der Waals surface area contributed by atoms with Gasteiger partial charge in [0.2, 0.25) is 5.95 Å². The van der Waals surface area contributed by atoms with Gasteiger partial charge < -0.3 is 25.7 Å². The van der Waals surface area contributed by atoms with Gasteiger partial charge in [-0.05, 0) is 56.2 Å². The molecule has 2 fully saturated rings. The number of fused-ring (bicyclic) bond motifs is 1. The second kappa shape index (κ2) is 9.32. The summed E-state index contributed by atoms with van der Waals surface area (Å²) in [6.45, 7) is 0.657. The highest BCUT2D eigenvalue weighted by molar-refractivity contribution is 5.84. The fourth-order valence-corrected chi connectivity index (χ4v) is 4.93. The number of ether oxygens (including phenoxy) is 1. The van der Waals surface area contributed by atoms with Crippen molar-refractivity contribution in [3.05, 3.63) is 36.2 Å². The predicted molar refractivity (Wildman–Crippen MR) is 127 cm³/mol. The molecule has 2 saturated carbocycles. The van der Waals surface area contributed by atoms with E-state index in [1.165, 1.54) is 25.7 Å². The molecule has 8 nitrogen and oxygen atoms in total. The van der Waals surface area contributed by atoms with E-state index in [9.17, 15) is 0 Å². The summed E-state index contributed by atoms with van der Waals surface area (Å²) in [6, 6.07) is 9.23. The zero-order chi connectivity index (χ0) is 21.9. The largest absolute Gasteiger partial charge is 0.497 e. The third-order valence-electron chi connectivity index (χ3n) is 6.86. The molecular formula is C24H33N7O. The summed E-state index contributed by atoms with van der Waals surface area (Å²) in [5.41, 5.74) is 9.00. The fraction of sp³-hybridized carbons (Fsp3) is 0.542. The normalized spacial score (nSPS) is 21.7. The molecule has 2 aromatic heterocycles. The van der Waals surface area contributed by atoms with Gasteiger partial charge in [0.15, 0.2) is 17.0 Å².